The summed E-state index contributed by atoms with van der Waals surface area (Å²) in [6, 6.07) is 3.89. The fraction of sp³-hybridized carbons (Fsp3) is 0.263. The van der Waals surface area contributed by atoms with E-state index in [1.54, 1.807) is 32.0 Å². The summed E-state index contributed by atoms with van der Waals surface area (Å²) in [5.74, 6) is 0.391. The Hall–Kier alpha value is -2.47. The molecule has 1 N–H and O–H groups in total. The first-order valence-corrected chi connectivity index (χ1v) is 9.05. The van der Waals surface area contributed by atoms with E-state index in [1.165, 1.54) is 4.91 Å². The van der Waals surface area contributed by atoms with Gasteiger partial charge in [0.1, 0.15) is 11.3 Å². The second kappa shape index (κ2) is 6.44. The van der Waals surface area contributed by atoms with E-state index in [9.17, 15) is 4.79 Å². The second-order valence-corrected chi connectivity index (χ2v) is 6.93. The number of ether oxygens (including phenoxy) is 2. The van der Waals surface area contributed by atoms with Crippen LogP contribution in [0, 0.1) is 0 Å². The number of anilines is 1. The van der Waals surface area contributed by atoms with Crippen LogP contribution < -0.4 is 10.1 Å². The number of allylic oxidation sites excluding steroid dienone is 3. The maximum atomic E-state index is 12.4. The van der Waals surface area contributed by atoms with Crippen LogP contribution in [-0.2, 0) is 4.74 Å². The highest BCUT2D eigenvalue weighted by Crippen LogP contribution is 2.46. The lowest BCUT2D eigenvalue weighted by molar-refractivity contribution is 0.0527. The van der Waals surface area contributed by atoms with E-state index < -0.39 is 0 Å². The van der Waals surface area contributed by atoms with Crippen LogP contribution in [0.15, 0.2) is 46.0 Å². The van der Waals surface area contributed by atoms with Crippen molar-refractivity contribution in [1.29, 1.82) is 0 Å². The summed E-state index contributed by atoms with van der Waals surface area (Å²) in [6.07, 6.45) is 7.79. The molecule has 25 heavy (non-hydrogen) atoms. The van der Waals surface area contributed by atoms with Crippen molar-refractivity contribution in [2.45, 2.75) is 24.7 Å². The van der Waals surface area contributed by atoms with Crippen molar-refractivity contribution in [3.63, 3.8) is 0 Å². The number of hydrogen-bond donors (Lipinski definition) is 1. The van der Waals surface area contributed by atoms with Crippen molar-refractivity contribution in [2.75, 3.05) is 19.0 Å². The van der Waals surface area contributed by atoms with Crippen molar-refractivity contribution in [3.8, 4) is 5.75 Å². The maximum absolute atomic E-state index is 12.4. The summed E-state index contributed by atoms with van der Waals surface area (Å²) in [4.78, 5) is 19.2. The molecule has 0 fully saturated rings. The lowest BCUT2D eigenvalue weighted by Crippen LogP contribution is -2.11. The Balaban J connectivity index is 1.98. The Kier molecular flexibility index (Phi) is 4.13. The van der Waals surface area contributed by atoms with Gasteiger partial charge in [-0.3, -0.25) is 4.98 Å². The van der Waals surface area contributed by atoms with Gasteiger partial charge in [-0.2, -0.15) is 0 Å². The van der Waals surface area contributed by atoms with Gasteiger partial charge in [0.2, 0.25) is 0 Å². The molecule has 0 spiro atoms. The van der Waals surface area contributed by atoms with E-state index in [2.05, 4.69) is 22.5 Å². The maximum Gasteiger partial charge on any atom is 0.341 e. The van der Waals surface area contributed by atoms with Crippen LogP contribution in [0.25, 0.3) is 10.9 Å². The van der Waals surface area contributed by atoms with Crippen molar-refractivity contribution in [3.05, 3.63) is 46.6 Å². The number of carbonyl (C=O) groups excluding carboxylic acids is 1. The number of carbonyl (C=O) groups is 1. The van der Waals surface area contributed by atoms with E-state index in [4.69, 9.17) is 9.47 Å². The fourth-order valence-corrected chi connectivity index (χ4v) is 4.28. The summed E-state index contributed by atoms with van der Waals surface area (Å²) in [7, 11) is 1.65. The Bertz CT molecular complexity index is 934. The summed E-state index contributed by atoms with van der Waals surface area (Å²) >= 11 is 1.71. The molecule has 1 aliphatic heterocycles. The first kappa shape index (κ1) is 16.0. The topological polar surface area (TPSA) is 60.5 Å². The third-order valence-corrected chi connectivity index (χ3v) is 5.47. The molecule has 1 aliphatic carbocycles. The minimum atomic E-state index is -0.366. The number of benzene rings is 1. The first-order chi connectivity index (χ1) is 12.2. The zero-order chi connectivity index (χ0) is 17.4. The van der Waals surface area contributed by atoms with E-state index in [0.29, 0.717) is 12.2 Å². The normalized spacial score (nSPS) is 15.4. The van der Waals surface area contributed by atoms with Crippen LogP contribution in [0.1, 0.15) is 30.1 Å². The van der Waals surface area contributed by atoms with Gasteiger partial charge in [0.15, 0.2) is 0 Å². The highest BCUT2D eigenvalue weighted by Gasteiger charge is 2.25. The van der Waals surface area contributed by atoms with Gasteiger partial charge in [-0.15, -0.1) is 0 Å². The van der Waals surface area contributed by atoms with Gasteiger partial charge in [0.05, 0.1) is 24.9 Å². The molecule has 0 bridgehead atoms. The molecule has 0 atom stereocenters. The molecule has 0 amide bonds. The van der Waals surface area contributed by atoms with Crippen molar-refractivity contribution >= 4 is 34.3 Å². The van der Waals surface area contributed by atoms with Gasteiger partial charge in [-0.1, -0.05) is 17.8 Å². The standard InChI is InChI=1S/C19H18N2O3S/c1-3-24-19(22)12-10-20-14-8-11(23-2)9-16-17(14)18(12)21-13-6-4-5-7-15(13)25-16/h4,6,8-10,21H,3,5,7H2,1-2H3. The molecule has 2 heterocycles. The fourth-order valence-electron chi connectivity index (χ4n) is 3.08. The summed E-state index contributed by atoms with van der Waals surface area (Å²) in [5.41, 5.74) is 3.03. The van der Waals surface area contributed by atoms with Gasteiger partial charge in [-0.25, -0.2) is 4.79 Å². The average Bonchev–Trinajstić information content (AvgIpc) is 2.79. The zero-order valence-corrected chi connectivity index (χ0v) is 14.9. The van der Waals surface area contributed by atoms with Gasteiger partial charge in [0, 0.05) is 33.1 Å². The van der Waals surface area contributed by atoms with Crippen molar-refractivity contribution in [2.24, 2.45) is 0 Å². The second-order valence-electron chi connectivity index (χ2n) is 5.79. The number of methoxy groups -OCH3 is 1. The number of pyridine rings is 1. The van der Waals surface area contributed by atoms with E-state index in [-0.39, 0.29) is 5.97 Å². The first-order valence-electron chi connectivity index (χ1n) is 8.23. The van der Waals surface area contributed by atoms with Crippen LogP contribution in [0.3, 0.4) is 0 Å². The van der Waals surface area contributed by atoms with Gasteiger partial charge < -0.3 is 14.8 Å². The molecule has 0 unspecified atom stereocenters. The van der Waals surface area contributed by atoms with Crippen LogP contribution in [0.5, 0.6) is 5.75 Å². The van der Waals surface area contributed by atoms with Crippen LogP contribution in [0.2, 0.25) is 0 Å². The van der Waals surface area contributed by atoms with E-state index in [1.807, 2.05) is 12.1 Å². The third-order valence-electron chi connectivity index (χ3n) is 4.25. The Labute approximate surface area is 150 Å². The molecule has 4 rings (SSSR count). The summed E-state index contributed by atoms with van der Waals surface area (Å²) in [6.45, 7) is 2.13. The third kappa shape index (κ3) is 2.76. The molecule has 128 valence electrons. The Morgan fingerprint density at radius 3 is 3.08 bits per heavy atom. The Morgan fingerprint density at radius 1 is 1.40 bits per heavy atom. The number of rotatable bonds is 3. The minimum absolute atomic E-state index is 0.328. The predicted octanol–water partition coefficient (Wildman–Crippen LogP) is 4.50. The lowest BCUT2D eigenvalue weighted by atomic mass is 10.1. The largest absolute Gasteiger partial charge is 0.497 e. The minimum Gasteiger partial charge on any atom is -0.497 e. The lowest BCUT2D eigenvalue weighted by Gasteiger charge is -2.16. The number of nitrogens with zero attached hydrogens (tertiary/aromatic N) is 1. The molecule has 1 aromatic carbocycles. The predicted molar refractivity (Wildman–Crippen MR) is 99.1 cm³/mol. The number of nitrogens with one attached hydrogen (secondary N) is 1. The zero-order valence-electron chi connectivity index (χ0n) is 14.1. The van der Waals surface area contributed by atoms with Crippen molar-refractivity contribution in [1.82, 2.24) is 4.98 Å². The SMILES string of the molecule is CCOC(=O)c1cnc2cc(OC)cc3c2c1NC1=C(CCC=C1)S3. The average molecular weight is 354 g/mol. The smallest absolute Gasteiger partial charge is 0.341 e. The molecular weight excluding hydrogens is 336 g/mol. The molecule has 0 saturated carbocycles. The van der Waals surface area contributed by atoms with Gasteiger partial charge >= 0.3 is 5.97 Å². The monoisotopic (exact) mass is 354 g/mol. The quantitative estimate of drug-likeness (QED) is 0.819. The molecule has 2 aliphatic rings. The van der Waals surface area contributed by atoms with Gasteiger partial charge in [0.25, 0.3) is 0 Å². The molecule has 0 radical (unpaired) electrons. The highest BCUT2D eigenvalue weighted by molar-refractivity contribution is 8.03. The summed E-state index contributed by atoms with van der Waals surface area (Å²) < 4.78 is 10.6. The number of thioether (sulfide) groups is 1. The Morgan fingerprint density at radius 2 is 2.28 bits per heavy atom. The molecule has 0 saturated heterocycles. The molecular formula is C19H18N2O3S. The van der Waals surface area contributed by atoms with E-state index >= 15 is 0 Å². The van der Waals surface area contributed by atoms with Crippen molar-refractivity contribution < 1.29 is 14.3 Å². The van der Waals surface area contributed by atoms with Gasteiger partial charge in [-0.05, 0) is 31.9 Å². The van der Waals surface area contributed by atoms with Crippen LogP contribution in [-0.4, -0.2) is 24.7 Å². The van der Waals surface area contributed by atoms with Crippen LogP contribution >= 0.6 is 11.8 Å². The molecule has 6 heteroatoms. The van der Waals surface area contributed by atoms with E-state index in [0.717, 1.165) is 45.8 Å². The molecule has 2 aromatic rings. The molecule has 1 aromatic heterocycles. The molecule has 5 nitrogen and oxygen atoms in total. The summed E-state index contributed by atoms with van der Waals surface area (Å²) in [5, 5.41) is 4.39. The number of hydrogen-bond acceptors (Lipinski definition) is 6. The number of esters is 1. The van der Waals surface area contributed by atoms with Crippen LogP contribution in [0.4, 0.5) is 5.69 Å². The highest BCUT2D eigenvalue weighted by atomic mass is 32.2. The number of aromatic nitrogens is 1.